The van der Waals surface area contributed by atoms with Gasteiger partial charge in [0.15, 0.2) is 0 Å². The van der Waals surface area contributed by atoms with Crippen LogP contribution in [0, 0.1) is 6.92 Å². The third-order valence-electron chi connectivity index (χ3n) is 2.36. The zero-order valence-electron chi connectivity index (χ0n) is 8.62. The van der Waals surface area contributed by atoms with Gasteiger partial charge in [-0.25, -0.2) is 4.98 Å². The Morgan fingerprint density at radius 3 is 3.14 bits per heavy atom. The highest BCUT2D eigenvalue weighted by molar-refractivity contribution is 5.48. The molecule has 14 heavy (non-hydrogen) atoms. The summed E-state index contributed by atoms with van der Waals surface area (Å²) in [6.45, 7) is 3.06. The molecule has 0 saturated carbocycles. The molecule has 1 N–H and O–H groups in total. The summed E-state index contributed by atoms with van der Waals surface area (Å²) in [4.78, 5) is 4.40. The van der Waals surface area contributed by atoms with Gasteiger partial charge in [0.25, 0.3) is 0 Å². The monoisotopic (exact) mass is 189 g/mol. The molecule has 2 aromatic rings. The highest BCUT2D eigenvalue weighted by atomic mass is 15.0. The van der Waals surface area contributed by atoms with E-state index in [4.69, 9.17) is 0 Å². The summed E-state index contributed by atoms with van der Waals surface area (Å²) < 4.78 is 2.14. The second-order valence-electron chi connectivity index (χ2n) is 3.53. The van der Waals surface area contributed by atoms with E-state index in [0.717, 1.165) is 18.8 Å². The number of imidazole rings is 1. The first-order valence-electron chi connectivity index (χ1n) is 4.88. The molecule has 0 spiro atoms. The van der Waals surface area contributed by atoms with Crippen molar-refractivity contribution in [2.24, 2.45) is 0 Å². The van der Waals surface area contributed by atoms with Crippen molar-refractivity contribution >= 4 is 5.52 Å². The number of hydrogen-bond acceptors (Lipinski definition) is 2. The summed E-state index contributed by atoms with van der Waals surface area (Å²) in [5, 5.41) is 3.13. The van der Waals surface area contributed by atoms with Gasteiger partial charge in [0, 0.05) is 19.2 Å². The van der Waals surface area contributed by atoms with Crippen LogP contribution in [0.1, 0.15) is 11.4 Å². The Balaban J connectivity index is 2.37. The van der Waals surface area contributed by atoms with Crippen LogP contribution >= 0.6 is 0 Å². The number of nitrogens with one attached hydrogen (secondary N) is 1. The molecule has 0 aliphatic rings. The number of hydrogen-bond donors (Lipinski definition) is 1. The molecule has 0 unspecified atom stereocenters. The summed E-state index contributed by atoms with van der Waals surface area (Å²) in [5.41, 5.74) is 2.45. The fraction of sp³-hybridized carbons (Fsp3) is 0.364. The molecule has 3 nitrogen and oxygen atoms in total. The van der Waals surface area contributed by atoms with Crippen LogP contribution in [0.15, 0.2) is 24.5 Å². The van der Waals surface area contributed by atoms with Gasteiger partial charge in [0.05, 0.1) is 11.7 Å². The lowest BCUT2D eigenvalue weighted by atomic mass is 10.3. The van der Waals surface area contributed by atoms with Gasteiger partial charge in [-0.05, 0) is 31.7 Å². The summed E-state index contributed by atoms with van der Waals surface area (Å²) in [6.07, 6.45) is 4.98. The van der Waals surface area contributed by atoms with Crippen molar-refractivity contribution in [1.82, 2.24) is 14.7 Å². The maximum Gasteiger partial charge on any atom is 0.114 e. The molecule has 2 aromatic heterocycles. The number of rotatable bonds is 3. The first-order chi connectivity index (χ1) is 6.81. The zero-order chi connectivity index (χ0) is 9.97. The summed E-state index contributed by atoms with van der Waals surface area (Å²) in [7, 11) is 1.96. The van der Waals surface area contributed by atoms with Crippen molar-refractivity contribution in [3.8, 4) is 0 Å². The Morgan fingerprint density at radius 2 is 2.36 bits per heavy atom. The predicted octanol–water partition coefficient (Wildman–Crippen LogP) is 1.40. The lowest BCUT2D eigenvalue weighted by Crippen LogP contribution is -2.12. The van der Waals surface area contributed by atoms with Crippen LogP contribution in [0.4, 0.5) is 0 Å². The van der Waals surface area contributed by atoms with E-state index >= 15 is 0 Å². The van der Waals surface area contributed by atoms with Crippen LogP contribution in [0.5, 0.6) is 0 Å². The Bertz CT molecular complexity index is 431. The average molecular weight is 189 g/mol. The van der Waals surface area contributed by atoms with Crippen molar-refractivity contribution in [3.63, 3.8) is 0 Å². The molecule has 2 heterocycles. The predicted molar refractivity (Wildman–Crippen MR) is 57.6 cm³/mol. The second-order valence-corrected chi connectivity index (χ2v) is 3.53. The van der Waals surface area contributed by atoms with Crippen LogP contribution in [0.2, 0.25) is 0 Å². The van der Waals surface area contributed by atoms with Gasteiger partial charge in [-0.3, -0.25) is 0 Å². The number of likely N-dealkylation sites (N-methyl/N-ethyl adjacent to an activating group) is 1. The molecule has 0 aliphatic heterocycles. The molecule has 0 saturated heterocycles. The largest absolute Gasteiger partial charge is 0.319 e. The van der Waals surface area contributed by atoms with Gasteiger partial charge < -0.3 is 9.72 Å². The van der Waals surface area contributed by atoms with Crippen LogP contribution in [-0.2, 0) is 6.42 Å². The summed E-state index contributed by atoms with van der Waals surface area (Å²) in [5.74, 6) is 1.12. The van der Waals surface area contributed by atoms with Crippen molar-refractivity contribution in [3.05, 3.63) is 35.9 Å². The molecule has 0 atom stereocenters. The first kappa shape index (κ1) is 9.21. The summed E-state index contributed by atoms with van der Waals surface area (Å²) >= 11 is 0. The Kier molecular flexibility index (Phi) is 2.50. The molecule has 3 heteroatoms. The molecule has 0 aromatic carbocycles. The van der Waals surface area contributed by atoms with E-state index in [1.165, 1.54) is 11.1 Å². The van der Waals surface area contributed by atoms with Crippen LogP contribution < -0.4 is 5.32 Å². The number of aryl methyl sites for hydroxylation is 1. The van der Waals surface area contributed by atoms with Crippen LogP contribution in [-0.4, -0.2) is 23.0 Å². The number of aromatic nitrogens is 2. The van der Waals surface area contributed by atoms with Gasteiger partial charge in [-0.15, -0.1) is 0 Å². The number of fused-ring (bicyclic) bond motifs is 1. The quantitative estimate of drug-likeness (QED) is 0.791. The minimum atomic E-state index is 0.965. The zero-order valence-corrected chi connectivity index (χ0v) is 8.62. The highest BCUT2D eigenvalue weighted by Crippen LogP contribution is 2.09. The maximum atomic E-state index is 4.40. The lowest BCUT2D eigenvalue weighted by molar-refractivity contribution is 0.753. The van der Waals surface area contributed by atoms with Crippen molar-refractivity contribution in [2.75, 3.05) is 13.6 Å². The number of pyridine rings is 1. The Hall–Kier alpha value is -1.35. The average Bonchev–Trinajstić information content (AvgIpc) is 2.57. The fourth-order valence-corrected chi connectivity index (χ4v) is 1.59. The van der Waals surface area contributed by atoms with E-state index in [0.29, 0.717) is 0 Å². The van der Waals surface area contributed by atoms with E-state index in [2.05, 4.69) is 40.0 Å². The second kappa shape index (κ2) is 3.80. The smallest absolute Gasteiger partial charge is 0.114 e. The van der Waals surface area contributed by atoms with Gasteiger partial charge in [0.1, 0.15) is 5.82 Å². The Morgan fingerprint density at radius 1 is 1.50 bits per heavy atom. The van der Waals surface area contributed by atoms with E-state index in [1.807, 2.05) is 13.2 Å². The van der Waals surface area contributed by atoms with Crippen LogP contribution in [0.3, 0.4) is 0 Å². The molecular weight excluding hydrogens is 174 g/mol. The standard InChI is InChI=1S/C11H15N3/c1-9-4-6-14-10(7-9)8-13-11(14)3-5-12-2/h4,6-8,12H,3,5H2,1-2H3. The fourth-order valence-electron chi connectivity index (χ4n) is 1.59. The van der Waals surface area contributed by atoms with Gasteiger partial charge in [0.2, 0.25) is 0 Å². The third kappa shape index (κ3) is 1.63. The van der Waals surface area contributed by atoms with Crippen LogP contribution in [0.25, 0.3) is 5.52 Å². The van der Waals surface area contributed by atoms with E-state index < -0.39 is 0 Å². The van der Waals surface area contributed by atoms with Crippen molar-refractivity contribution in [1.29, 1.82) is 0 Å². The van der Waals surface area contributed by atoms with Crippen molar-refractivity contribution < 1.29 is 0 Å². The van der Waals surface area contributed by atoms with E-state index in [9.17, 15) is 0 Å². The molecule has 74 valence electrons. The molecular formula is C11H15N3. The summed E-state index contributed by atoms with van der Waals surface area (Å²) in [6, 6.07) is 4.26. The minimum Gasteiger partial charge on any atom is -0.319 e. The van der Waals surface area contributed by atoms with Gasteiger partial charge in [-0.2, -0.15) is 0 Å². The first-order valence-corrected chi connectivity index (χ1v) is 4.88. The van der Waals surface area contributed by atoms with E-state index in [1.54, 1.807) is 0 Å². The molecule has 0 fully saturated rings. The van der Waals surface area contributed by atoms with E-state index in [-0.39, 0.29) is 0 Å². The minimum absolute atomic E-state index is 0.965. The van der Waals surface area contributed by atoms with Gasteiger partial charge in [-0.1, -0.05) is 0 Å². The van der Waals surface area contributed by atoms with Crippen molar-refractivity contribution in [2.45, 2.75) is 13.3 Å². The Labute approximate surface area is 83.8 Å². The molecule has 0 radical (unpaired) electrons. The third-order valence-corrected chi connectivity index (χ3v) is 2.36. The van der Waals surface area contributed by atoms with Gasteiger partial charge >= 0.3 is 0 Å². The normalized spacial score (nSPS) is 11.0. The number of nitrogens with zero attached hydrogens (tertiary/aromatic N) is 2. The molecule has 2 rings (SSSR count). The molecule has 0 amide bonds. The highest BCUT2D eigenvalue weighted by Gasteiger charge is 2.01. The molecule has 0 aliphatic carbocycles. The maximum absolute atomic E-state index is 4.40. The molecule has 0 bridgehead atoms. The topological polar surface area (TPSA) is 29.3 Å². The SMILES string of the molecule is CNCCc1ncc2cc(C)ccn12. The lowest BCUT2D eigenvalue weighted by Gasteiger charge is -2.01.